The lowest BCUT2D eigenvalue weighted by Gasteiger charge is -1.98. The monoisotopic (exact) mass is 109 g/mol. The lowest BCUT2D eigenvalue weighted by atomic mass is 10.1. The van der Waals surface area contributed by atoms with E-state index in [1.807, 2.05) is 0 Å². The first kappa shape index (κ1) is 5.87. The third-order valence-electron chi connectivity index (χ3n) is 1.63. The highest BCUT2D eigenvalue weighted by molar-refractivity contribution is 4.82. The van der Waals surface area contributed by atoms with Gasteiger partial charge in [-0.25, -0.2) is 0 Å². The van der Waals surface area contributed by atoms with Crippen molar-refractivity contribution in [3.8, 4) is 0 Å². The van der Waals surface area contributed by atoms with Crippen molar-refractivity contribution >= 4 is 0 Å². The van der Waals surface area contributed by atoms with Crippen molar-refractivity contribution in [1.29, 1.82) is 0 Å². The summed E-state index contributed by atoms with van der Waals surface area (Å²) >= 11 is 0. The first-order valence-electron chi connectivity index (χ1n) is 3.46. The van der Waals surface area contributed by atoms with Gasteiger partial charge in [-0.2, -0.15) is 0 Å². The van der Waals surface area contributed by atoms with Crippen LogP contribution in [0.4, 0.5) is 0 Å². The fourth-order valence-corrected chi connectivity index (χ4v) is 1.06. The van der Waals surface area contributed by atoms with Crippen LogP contribution in [0.1, 0.15) is 32.6 Å². The van der Waals surface area contributed by atoms with Crippen LogP contribution in [0, 0.1) is 12.0 Å². The van der Waals surface area contributed by atoms with Gasteiger partial charge in [0.25, 0.3) is 0 Å². The highest BCUT2D eigenvalue weighted by Crippen LogP contribution is 2.14. The molecule has 1 aliphatic rings. The van der Waals surface area contributed by atoms with Crippen LogP contribution in [-0.4, -0.2) is 0 Å². The molecule has 1 aliphatic carbocycles. The maximum Gasteiger partial charge on any atom is -0.0256 e. The standard InChI is InChI=1S/C8H13/c1-8-6-4-2-3-5-7-8/h7-8H,2-4,6H2,1H3. The Kier molecular flexibility index (Phi) is 2.13. The molecule has 45 valence electrons. The van der Waals surface area contributed by atoms with Crippen LogP contribution < -0.4 is 0 Å². The first-order chi connectivity index (χ1) is 3.89. The molecule has 1 radical (unpaired) electrons. The Morgan fingerprint density at radius 1 is 1.50 bits per heavy atom. The van der Waals surface area contributed by atoms with Crippen molar-refractivity contribution in [2.24, 2.45) is 5.92 Å². The molecule has 1 unspecified atom stereocenters. The van der Waals surface area contributed by atoms with Crippen LogP contribution in [0.2, 0.25) is 0 Å². The predicted octanol–water partition coefficient (Wildman–Crippen LogP) is 2.56. The molecule has 0 aliphatic heterocycles. The Morgan fingerprint density at radius 3 is 3.25 bits per heavy atom. The Morgan fingerprint density at radius 2 is 2.38 bits per heavy atom. The Balaban J connectivity index is 2.33. The van der Waals surface area contributed by atoms with E-state index in [2.05, 4.69) is 19.1 Å². The van der Waals surface area contributed by atoms with Crippen LogP contribution in [0.5, 0.6) is 0 Å². The number of allylic oxidation sites excluding steroid dienone is 2. The molecule has 0 N–H and O–H groups in total. The van der Waals surface area contributed by atoms with Crippen molar-refractivity contribution in [2.75, 3.05) is 0 Å². The third kappa shape index (κ3) is 1.69. The second kappa shape index (κ2) is 2.91. The summed E-state index contributed by atoms with van der Waals surface area (Å²) in [4.78, 5) is 0. The number of hydrogen-bond acceptors (Lipinski definition) is 0. The molecule has 0 spiro atoms. The van der Waals surface area contributed by atoms with Crippen LogP contribution in [0.15, 0.2) is 6.08 Å². The van der Waals surface area contributed by atoms with E-state index >= 15 is 0 Å². The molecule has 1 atom stereocenters. The highest BCUT2D eigenvalue weighted by atomic mass is 14.0. The van der Waals surface area contributed by atoms with E-state index in [0.29, 0.717) is 0 Å². The van der Waals surface area contributed by atoms with Crippen molar-refractivity contribution < 1.29 is 0 Å². The summed E-state index contributed by atoms with van der Waals surface area (Å²) in [5.41, 5.74) is 0. The predicted molar refractivity (Wildman–Crippen MR) is 35.4 cm³/mol. The zero-order valence-electron chi connectivity index (χ0n) is 5.48. The minimum absolute atomic E-state index is 0.789. The van der Waals surface area contributed by atoms with E-state index in [-0.39, 0.29) is 0 Å². The molecule has 0 aromatic carbocycles. The van der Waals surface area contributed by atoms with Crippen LogP contribution in [0.25, 0.3) is 0 Å². The quantitative estimate of drug-likeness (QED) is 0.448. The topological polar surface area (TPSA) is 0 Å². The van der Waals surface area contributed by atoms with Gasteiger partial charge in [-0.15, -0.1) is 0 Å². The zero-order valence-corrected chi connectivity index (χ0v) is 5.48. The lowest BCUT2D eigenvalue weighted by Crippen LogP contribution is -1.84. The summed E-state index contributed by atoms with van der Waals surface area (Å²) in [5, 5.41) is 0. The summed E-state index contributed by atoms with van der Waals surface area (Å²) in [7, 11) is 0. The molecule has 0 aromatic rings. The summed E-state index contributed by atoms with van der Waals surface area (Å²) in [6.45, 7) is 2.26. The van der Waals surface area contributed by atoms with Crippen LogP contribution >= 0.6 is 0 Å². The van der Waals surface area contributed by atoms with Crippen LogP contribution in [0.3, 0.4) is 0 Å². The molecule has 8 heavy (non-hydrogen) atoms. The van der Waals surface area contributed by atoms with Crippen LogP contribution in [-0.2, 0) is 0 Å². The minimum atomic E-state index is 0.789. The van der Waals surface area contributed by atoms with Gasteiger partial charge in [0.2, 0.25) is 0 Å². The van der Waals surface area contributed by atoms with Crippen molar-refractivity contribution in [1.82, 2.24) is 0 Å². The molecule has 0 saturated heterocycles. The fraction of sp³-hybridized carbons (Fsp3) is 0.750. The average Bonchev–Trinajstić information content (AvgIpc) is 1.94. The SMILES string of the molecule is CC1C=[C]CCCC1. The Bertz CT molecular complexity index is 82.0. The van der Waals surface area contributed by atoms with Gasteiger partial charge in [-0.1, -0.05) is 19.4 Å². The maximum atomic E-state index is 3.27. The van der Waals surface area contributed by atoms with Gasteiger partial charge < -0.3 is 0 Å². The van der Waals surface area contributed by atoms with E-state index < -0.39 is 0 Å². The summed E-state index contributed by atoms with van der Waals surface area (Å²) in [6.07, 6.45) is 10.8. The summed E-state index contributed by atoms with van der Waals surface area (Å²) in [5.74, 6) is 0.789. The molecule has 0 saturated carbocycles. The fourth-order valence-electron chi connectivity index (χ4n) is 1.06. The molecular formula is C8H13. The minimum Gasteiger partial charge on any atom is -0.0782 e. The molecule has 0 fully saturated rings. The van der Waals surface area contributed by atoms with E-state index in [1.54, 1.807) is 0 Å². The van der Waals surface area contributed by atoms with Gasteiger partial charge in [-0.3, -0.25) is 0 Å². The molecule has 0 nitrogen and oxygen atoms in total. The Labute approximate surface area is 51.6 Å². The average molecular weight is 109 g/mol. The molecule has 0 amide bonds. The highest BCUT2D eigenvalue weighted by Gasteiger charge is 1.99. The van der Waals surface area contributed by atoms with Gasteiger partial charge in [0.1, 0.15) is 0 Å². The normalized spacial score (nSPS) is 29.9. The van der Waals surface area contributed by atoms with Crippen molar-refractivity contribution in [3.63, 3.8) is 0 Å². The molecule has 0 bridgehead atoms. The summed E-state index contributed by atoms with van der Waals surface area (Å²) in [6, 6.07) is 0. The third-order valence-corrected chi connectivity index (χ3v) is 1.63. The van der Waals surface area contributed by atoms with Gasteiger partial charge in [0, 0.05) is 0 Å². The van der Waals surface area contributed by atoms with Gasteiger partial charge >= 0.3 is 0 Å². The Hall–Kier alpha value is -0.260. The molecule has 0 heterocycles. The number of hydrogen-bond donors (Lipinski definition) is 0. The molecular weight excluding hydrogens is 96.1 g/mol. The van der Waals surface area contributed by atoms with Crippen molar-refractivity contribution in [3.05, 3.63) is 12.2 Å². The molecule has 0 aromatic heterocycles. The van der Waals surface area contributed by atoms with Crippen molar-refractivity contribution in [2.45, 2.75) is 32.6 Å². The van der Waals surface area contributed by atoms with Gasteiger partial charge in [0.15, 0.2) is 0 Å². The first-order valence-corrected chi connectivity index (χ1v) is 3.46. The van der Waals surface area contributed by atoms with Gasteiger partial charge in [-0.05, 0) is 31.3 Å². The zero-order chi connectivity index (χ0) is 5.82. The number of rotatable bonds is 0. The molecule has 0 heteroatoms. The second-order valence-electron chi connectivity index (χ2n) is 2.59. The van der Waals surface area contributed by atoms with Gasteiger partial charge in [0.05, 0.1) is 0 Å². The van der Waals surface area contributed by atoms with E-state index in [9.17, 15) is 0 Å². The smallest absolute Gasteiger partial charge is 0.0256 e. The van der Waals surface area contributed by atoms with E-state index in [1.165, 1.54) is 25.7 Å². The maximum absolute atomic E-state index is 3.27. The van der Waals surface area contributed by atoms with E-state index in [0.717, 1.165) is 5.92 Å². The molecule has 1 rings (SSSR count). The second-order valence-corrected chi connectivity index (χ2v) is 2.59. The van der Waals surface area contributed by atoms with E-state index in [4.69, 9.17) is 0 Å². The lowest BCUT2D eigenvalue weighted by molar-refractivity contribution is 0.604. The largest absolute Gasteiger partial charge is 0.0782 e. The summed E-state index contributed by atoms with van der Waals surface area (Å²) < 4.78 is 0.